The molecule has 0 aliphatic carbocycles. The number of hydrogen-bond acceptors (Lipinski definition) is 2. The molecule has 1 aromatic carbocycles. The van der Waals surface area contributed by atoms with E-state index in [1.165, 1.54) is 25.3 Å². The SMILES string of the molecule is C=Nc1cc(F)ccc1OC. The van der Waals surface area contributed by atoms with Crippen LogP contribution < -0.4 is 4.74 Å². The first-order valence-electron chi connectivity index (χ1n) is 3.08. The highest BCUT2D eigenvalue weighted by molar-refractivity contribution is 5.55. The summed E-state index contributed by atoms with van der Waals surface area (Å²) in [7, 11) is 1.50. The summed E-state index contributed by atoms with van der Waals surface area (Å²) < 4.78 is 17.4. The third-order valence-corrected chi connectivity index (χ3v) is 1.31. The van der Waals surface area contributed by atoms with Crippen molar-refractivity contribution >= 4 is 12.4 Å². The van der Waals surface area contributed by atoms with Gasteiger partial charge in [-0.25, -0.2) is 4.39 Å². The number of halogens is 1. The number of ether oxygens (including phenoxy) is 1. The fourth-order valence-electron chi connectivity index (χ4n) is 0.787. The van der Waals surface area contributed by atoms with Crippen molar-refractivity contribution in [3.63, 3.8) is 0 Å². The van der Waals surface area contributed by atoms with E-state index in [2.05, 4.69) is 11.7 Å². The second-order valence-corrected chi connectivity index (χ2v) is 1.97. The van der Waals surface area contributed by atoms with Crippen LogP contribution in [-0.2, 0) is 0 Å². The van der Waals surface area contributed by atoms with E-state index in [1.54, 1.807) is 0 Å². The van der Waals surface area contributed by atoms with Crippen molar-refractivity contribution < 1.29 is 9.13 Å². The Morgan fingerprint density at radius 3 is 2.82 bits per heavy atom. The van der Waals surface area contributed by atoms with E-state index in [1.807, 2.05) is 0 Å². The smallest absolute Gasteiger partial charge is 0.144 e. The zero-order valence-electron chi connectivity index (χ0n) is 6.17. The normalized spacial score (nSPS) is 9.27. The summed E-state index contributed by atoms with van der Waals surface area (Å²) in [6.45, 7) is 3.28. The van der Waals surface area contributed by atoms with Crippen LogP contribution in [0.25, 0.3) is 0 Å². The van der Waals surface area contributed by atoms with Crippen molar-refractivity contribution in [3.05, 3.63) is 24.0 Å². The maximum atomic E-state index is 12.5. The van der Waals surface area contributed by atoms with Gasteiger partial charge in [0.2, 0.25) is 0 Å². The molecule has 0 bridgehead atoms. The van der Waals surface area contributed by atoms with Crippen molar-refractivity contribution in [1.82, 2.24) is 0 Å². The molecule has 0 saturated heterocycles. The summed E-state index contributed by atoms with van der Waals surface area (Å²) in [5.74, 6) is 0.189. The number of nitrogens with zero attached hydrogens (tertiary/aromatic N) is 1. The Bertz CT molecular complexity index is 273. The third-order valence-electron chi connectivity index (χ3n) is 1.31. The molecule has 0 unspecified atom stereocenters. The molecule has 3 heteroatoms. The van der Waals surface area contributed by atoms with Gasteiger partial charge in [-0.1, -0.05) is 0 Å². The summed E-state index contributed by atoms with van der Waals surface area (Å²) in [5.41, 5.74) is 0.424. The summed E-state index contributed by atoms with van der Waals surface area (Å²) in [4.78, 5) is 3.59. The van der Waals surface area contributed by atoms with E-state index >= 15 is 0 Å². The van der Waals surface area contributed by atoms with Crippen LogP contribution in [0.15, 0.2) is 23.2 Å². The van der Waals surface area contributed by atoms with Crippen molar-refractivity contribution in [3.8, 4) is 5.75 Å². The van der Waals surface area contributed by atoms with E-state index in [0.717, 1.165) is 0 Å². The molecule has 1 rings (SSSR count). The van der Waals surface area contributed by atoms with Crippen LogP contribution in [0.3, 0.4) is 0 Å². The second-order valence-electron chi connectivity index (χ2n) is 1.97. The third kappa shape index (κ3) is 1.55. The fraction of sp³-hybridized carbons (Fsp3) is 0.125. The summed E-state index contributed by atoms with van der Waals surface area (Å²) in [6.07, 6.45) is 0. The first kappa shape index (κ1) is 7.72. The first-order chi connectivity index (χ1) is 5.27. The summed E-state index contributed by atoms with van der Waals surface area (Å²) >= 11 is 0. The molecule has 0 heterocycles. The van der Waals surface area contributed by atoms with Crippen LogP contribution in [0.4, 0.5) is 10.1 Å². The van der Waals surface area contributed by atoms with Gasteiger partial charge in [0, 0.05) is 6.07 Å². The van der Waals surface area contributed by atoms with Gasteiger partial charge in [-0.3, -0.25) is 4.99 Å². The minimum Gasteiger partial charge on any atom is -0.494 e. The Morgan fingerprint density at radius 1 is 1.55 bits per heavy atom. The average Bonchev–Trinajstić information content (AvgIpc) is 2.04. The number of methoxy groups -OCH3 is 1. The molecular formula is C8H8FNO. The van der Waals surface area contributed by atoms with Crippen LogP contribution in [0.2, 0.25) is 0 Å². The van der Waals surface area contributed by atoms with E-state index in [9.17, 15) is 4.39 Å². The zero-order chi connectivity index (χ0) is 8.27. The molecule has 0 aliphatic rings. The van der Waals surface area contributed by atoms with Crippen molar-refractivity contribution in [2.75, 3.05) is 7.11 Å². The highest BCUT2D eigenvalue weighted by atomic mass is 19.1. The van der Waals surface area contributed by atoms with Gasteiger partial charge in [0.05, 0.1) is 7.11 Å². The molecule has 0 amide bonds. The molecule has 1 aromatic rings. The molecule has 0 radical (unpaired) electrons. The second kappa shape index (κ2) is 3.14. The monoisotopic (exact) mass is 153 g/mol. The van der Waals surface area contributed by atoms with Crippen LogP contribution in [0.1, 0.15) is 0 Å². The van der Waals surface area contributed by atoms with Crippen LogP contribution in [-0.4, -0.2) is 13.8 Å². The molecule has 0 fully saturated rings. The lowest BCUT2D eigenvalue weighted by molar-refractivity contribution is 0.415. The zero-order valence-corrected chi connectivity index (χ0v) is 6.17. The van der Waals surface area contributed by atoms with Gasteiger partial charge in [-0.05, 0) is 18.9 Å². The van der Waals surface area contributed by atoms with Gasteiger partial charge in [-0.15, -0.1) is 0 Å². The summed E-state index contributed by atoms with van der Waals surface area (Å²) in [5, 5.41) is 0. The molecule has 0 saturated carbocycles. The minimum absolute atomic E-state index is 0.340. The molecule has 58 valence electrons. The lowest BCUT2D eigenvalue weighted by atomic mass is 10.3. The van der Waals surface area contributed by atoms with Gasteiger partial charge in [0.25, 0.3) is 0 Å². The minimum atomic E-state index is -0.340. The first-order valence-corrected chi connectivity index (χ1v) is 3.08. The summed E-state index contributed by atoms with van der Waals surface area (Å²) in [6, 6.07) is 4.10. The van der Waals surface area contributed by atoms with Crippen molar-refractivity contribution in [2.24, 2.45) is 4.99 Å². The molecule has 11 heavy (non-hydrogen) atoms. The van der Waals surface area contributed by atoms with Gasteiger partial charge < -0.3 is 4.74 Å². The molecule has 0 aliphatic heterocycles. The number of hydrogen-bond donors (Lipinski definition) is 0. The largest absolute Gasteiger partial charge is 0.494 e. The quantitative estimate of drug-likeness (QED) is 0.596. The molecule has 2 nitrogen and oxygen atoms in total. The van der Waals surface area contributed by atoms with Gasteiger partial charge in [0.15, 0.2) is 0 Å². The lowest BCUT2D eigenvalue weighted by Crippen LogP contribution is -1.83. The standard InChI is InChI=1S/C8H8FNO/c1-10-7-5-6(9)3-4-8(7)11-2/h3-5H,1H2,2H3. The molecule has 0 aromatic heterocycles. The molecule has 0 N–H and O–H groups in total. The Kier molecular flexibility index (Phi) is 2.21. The van der Waals surface area contributed by atoms with E-state index < -0.39 is 0 Å². The van der Waals surface area contributed by atoms with Crippen LogP contribution >= 0.6 is 0 Å². The van der Waals surface area contributed by atoms with Crippen LogP contribution in [0.5, 0.6) is 5.75 Å². The van der Waals surface area contributed by atoms with E-state index in [4.69, 9.17) is 4.74 Å². The Labute approximate surface area is 64.3 Å². The number of rotatable bonds is 2. The molecule has 0 atom stereocenters. The van der Waals surface area contributed by atoms with Crippen molar-refractivity contribution in [1.29, 1.82) is 0 Å². The highest BCUT2D eigenvalue weighted by Crippen LogP contribution is 2.26. The topological polar surface area (TPSA) is 21.6 Å². The van der Waals surface area contributed by atoms with Crippen LogP contribution in [0, 0.1) is 5.82 Å². The van der Waals surface area contributed by atoms with Gasteiger partial charge in [0.1, 0.15) is 17.3 Å². The van der Waals surface area contributed by atoms with E-state index in [-0.39, 0.29) is 5.82 Å². The Hall–Kier alpha value is -1.38. The maximum absolute atomic E-state index is 12.5. The van der Waals surface area contributed by atoms with E-state index in [0.29, 0.717) is 11.4 Å². The maximum Gasteiger partial charge on any atom is 0.144 e. The average molecular weight is 153 g/mol. The fourth-order valence-corrected chi connectivity index (χ4v) is 0.787. The number of aliphatic imine (C=N–C) groups is 1. The Morgan fingerprint density at radius 2 is 2.27 bits per heavy atom. The predicted molar refractivity (Wildman–Crippen MR) is 42.2 cm³/mol. The number of benzene rings is 1. The molecular weight excluding hydrogens is 145 g/mol. The molecule has 0 spiro atoms. The van der Waals surface area contributed by atoms with Gasteiger partial charge >= 0.3 is 0 Å². The predicted octanol–water partition coefficient (Wildman–Crippen LogP) is 2.17. The van der Waals surface area contributed by atoms with Gasteiger partial charge in [-0.2, -0.15) is 0 Å². The highest BCUT2D eigenvalue weighted by Gasteiger charge is 2.00. The lowest BCUT2D eigenvalue weighted by Gasteiger charge is -2.02. The Balaban J connectivity index is 3.16. The van der Waals surface area contributed by atoms with Crippen molar-refractivity contribution in [2.45, 2.75) is 0 Å².